The van der Waals surface area contributed by atoms with Crippen LogP contribution in [0.4, 0.5) is 24.7 Å². The number of alkyl halides is 3. The van der Waals surface area contributed by atoms with Crippen LogP contribution in [0.3, 0.4) is 0 Å². The van der Waals surface area contributed by atoms with Crippen LogP contribution >= 0.6 is 0 Å². The van der Waals surface area contributed by atoms with Crippen LogP contribution < -0.4 is 16.4 Å². The van der Waals surface area contributed by atoms with Gasteiger partial charge in [0.15, 0.2) is 0 Å². The zero-order chi connectivity index (χ0) is 31.7. The lowest BCUT2D eigenvalue weighted by molar-refractivity contribution is -0.138. The van der Waals surface area contributed by atoms with Gasteiger partial charge in [-0.2, -0.15) is 13.2 Å². The minimum Gasteiger partial charge on any atom is -0.381 e. The molecule has 0 atom stereocenters. The third-order valence-electron chi connectivity index (χ3n) is 7.69. The Balaban J connectivity index is 0.00000141. The van der Waals surface area contributed by atoms with Gasteiger partial charge in [-0.05, 0) is 56.4 Å². The van der Waals surface area contributed by atoms with Crippen molar-refractivity contribution in [2.24, 2.45) is 5.73 Å². The summed E-state index contributed by atoms with van der Waals surface area (Å²) in [5, 5.41) is 6.31. The Morgan fingerprint density at radius 1 is 1.20 bits per heavy atom. The number of carbonyl (C=O) groups is 3. The van der Waals surface area contributed by atoms with Gasteiger partial charge in [-0.15, -0.1) is 0 Å². The molecule has 0 aromatic carbocycles. The van der Waals surface area contributed by atoms with Gasteiger partial charge in [0.1, 0.15) is 5.82 Å². The second kappa shape index (κ2) is 14.7. The van der Waals surface area contributed by atoms with Gasteiger partial charge < -0.3 is 26.2 Å². The van der Waals surface area contributed by atoms with Crippen molar-refractivity contribution in [1.82, 2.24) is 19.8 Å². The molecule has 44 heavy (non-hydrogen) atoms. The van der Waals surface area contributed by atoms with E-state index in [0.29, 0.717) is 48.7 Å². The molecule has 0 radical (unpaired) electrons. The van der Waals surface area contributed by atoms with Crippen molar-refractivity contribution in [3.63, 3.8) is 0 Å². The number of piperidine rings is 1. The molecule has 3 amide bonds. The Labute approximate surface area is 253 Å². The molecular weight excluding hydrogens is 575 g/mol. The fourth-order valence-corrected chi connectivity index (χ4v) is 5.48. The molecule has 10 nitrogen and oxygen atoms in total. The van der Waals surface area contributed by atoms with E-state index in [1.807, 2.05) is 35.0 Å². The predicted molar refractivity (Wildman–Crippen MR) is 160 cm³/mol. The average Bonchev–Trinajstić information content (AvgIpc) is 3.30. The number of pyridine rings is 2. The van der Waals surface area contributed by atoms with E-state index in [1.54, 1.807) is 18.3 Å². The maximum Gasteiger partial charge on any atom is 0.416 e. The highest BCUT2D eigenvalue weighted by molar-refractivity contribution is 5.96. The van der Waals surface area contributed by atoms with E-state index in [1.165, 1.54) is 6.20 Å². The van der Waals surface area contributed by atoms with Crippen molar-refractivity contribution < 1.29 is 27.6 Å². The molecule has 1 aliphatic carbocycles. The number of anilines is 2. The molecule has 5 rings (SSSR count). The molecule has 2 saturated heterocycles. The Kier molecular flexibility index (Phi) is 10.7. The normalized spacial score (nSPS) is 17.2. The van der Waals surface area contributed by atoms with Gasteiger partial charge in [0, 0.05) is 85.8 Å². The second-order valence-electron chi connectivity index (χ2n) is 10.6. The number of carbonyl (C=O) groups excluding carboxylic acids is 3. The molecule has 4 heterocycles. The van der Waals surface area contributed by atoms with Crippen molar-refractivity contribution in [1.29, 1.82) is 0 Å². The Hall–Kier alpha value is -4.68. The Bertz CT molecular complexity index is 1450. The van der Waals surface area contributed by atoms with Crippen LogP contribution in [0.25, 0.3) is 0 Å². The molecule has 0 unspecified atom stereocenters. The molecule has 4 N–H and O–H groups in total. The number of rotatable bonds is 7. The monoisotopic (exact) mass is 611 g/mol. The lowest BCUT2D eigenvalue weighted by Crippen LogP contribution is -2.47. The summed E-state index contributed by atoms with van der Waals surface area (Å²) in [5.74, 6) is 0.661. The number of allylic oxidation sites excluding steroid dienone is 3. The van der Waals surface area contributed by atoms with E-state index in [4.69, 9.17) is 4.79 Å². The fraction of sp³-hybridized carbons (Fsp3) is 0.387. The smallest absolute Gasteiger partial charge is 0.381 e. The molecule has 2 aliphatic heterocycles. The third kappa shape index (κ3) is 8.23. The topological polar surface area (TPSA) is 134 Å². The number of nitrogens with one attached hydrogen (secondary N) is 2. The summed E-state index contributed by atoms with van der Waals surface area (Å²) in [4.78, 5) is 46.2. The van der Waals surface area contributed by atoms with Gasteiger partial charge in [-0.3, -0.25) is 19.4 Å². The van der Waals surface area contributed by atoms with Crippen molar-refractivity contribution in [2.45, 2.75) is 57.8 Å². The first-order valence-corrected chi connectivity index (χ1v) is 14.4. The number of nitrogens with two attached hydrogens (primary N) is 1. The Morgan fingerprint density at radius 2 is 1.95 bits per heavy atom. The first kappa shape index (κ1) is 32.2. The number of likely N-dealkylation sites (tertiary alicyclic amines) is 2. The van der Waals surface area contributed by atoms with Crippen LogP contribution in [-0.4, -0.2) is 63.7 Å². The van der Waals surface area contributed by atoms with Gasteiger partial charge in [0.2, 0.25) is 12.3 Å². The molecule has 3 aliphatic rings. The highest BCUT2D eigenvalue weighted by atomic mass is 19.4. The predicted octanol–water partition coefficient (Wildman–Crippen LogP) is 4.31. The van der Waals surface area contributed by atoms with Gasteiger partial charge in [0.05, 0.1) is 5.56 Å². The number of primary amides is 1. The van der Waals surface area contributed by atoms with E-state index >= 15 is 0 Å². The number of hydrogen-bond donors (Lipinski definition) is 3. The van der Waals surface area contributed by atoms with E-state index < -0.39 is 11.7 Å². The average molecular weight is 612 g/mol. The molecule has 2 aromatic rings. The van der Waals surface area contributed by atoms with Gasteiger partial charge in [-0.25, -0.2) is 4.98 Å². The summed E-state index contributed by atoms with van der Waals surface area (Å²) in [6.45, 7) is 3.79. The van der Waals surface area contributed by atoms with Crippen LogP contribution in [0, 0.1) is 6.92 Å². The van der Waals surface area contributed by atoms with Crippen molar-refractivity contribution in [3.05, 3.63) is 83.0 Å². The molecular formula is C31H36F3N7O3. The van der Waals surface area contributed by atoms with E-state index in [-0.39, 0.29) is 36.4 Å². The summed E-state index contributed by atoms with van der Waals surface area (Å²) in [6, 6.07) is 2.91. The fourth-order valence-electron chi connectivity index (χ4n) is 5.48. The zero-order valence-corrected chi connectivity index (χ0v) is 24.4. The second-order valence-corrected chi connectivity index (χ2v) is 10.6. The van der Waals surface area contributed by atoms with E-state index in [2.05, 4.69) is 26.3 Å². The van der Waals surface area contributed by atoms with Crippen molar-refractivity contribution >= 4 is 29.7 Å². The summed E-state index contributed by atoms with van der Waals surface area (Å²) in [7, 11) is 0. The number of aromatic nitrogens is 2. The van der Waals surface area contributed by atoms with Crippen LogP contribution in [0.5, 0.6) is 0 Å². The molecule has 234 valence electrons. The molecule has 2 fully saturated rings. The minimum absolute atomic E-state index is 0.0458. The number of nitrogens with zero attached hydrogens (tertiary/aromatic N) is 4. The number of amides is 3. The van der Waals surface area contributed by atoms with E-state index in [9.17, 15) is 22.8 Å². The summed E-state index contributed by atoms with van der Waals surface area (Å²) < 4.78 is 40.1. The lowest BCUT2D eigenvalue weighted by Gasteiger charge is -2.36. The zero-order valence-electron chi connectivity index (χ0n) is 24.4. The van der Waals surface area contributed by atoms with Gasteiger partial charge >= 0.3 is 6.18 Å². The van der Waals surface area contributed by atoms with Crippen LogP contribution in [0.2, 0.25) is 0 Å². The number of halogens is 3. The number of hydrogen-bond acceptors (Lipinski definition) is 7. The van der Waals surface area contributed by atoms with E-state index in [0.717, 1.165) is 43.6 Å². The minimum atomic E-state index is -4.47. The molecule has 2 aromatic heterocycles. The third-order valence-corrected chi connectivity index (χ3v) is 7.69. The maximum absolute atomic E-state index is 13.4. The van der Waals surface area contributed by atoms with Gasteiger partial charge in [0.25, 0.3) is 5.91 Å². The molecule has 0 bridgehead atoms. The summed E-state index contributed by atoms with van der Waals surface area (Å²) in [6.07, 6.45) is 11.0. The standard InChI is InChI=1S/C30H33F3N6O2.CH3NO/c1-20-17-36-27(16-26(20)35-19-22-18-34-11-8-25(22)30(31,32)33)37-23-6-3-2-5-21(15-23)29(41)38-13-9-24(10-14-38)39-12-4-7-28(39)40;2-1-3/h3,5-6,8,11,15-18,24H,2,4,7,9-10,12-14,19H2,1H3,(H2,35,36,37);1H,(H2,2,3). The Morgan fingerprint density at radius 3 is 2.64 bits per heavy atom. The van der Waals surface area contributed by atoms with Crippen molar-refractivity contribution in [3.8, 4) is 0 Å². The summed E-state index contributed by atoms with van der Waals surface area (Å²) >= 11 is 0. The highest BCUT2D eigenvalue weighted by Gasteiger charge is 2.34. The first-order chi connectivity index (χ1) is 21.1. The molecule has 0 saturated carbocycles. The van der Waals surface area contributed by atoms with Crippen LogP contribution in [0.15, 0.2) is 66.3 Å². The lowest BCUT2D eigenvalue weighted by atomic mass is 10.0. The number of aryl methyl sites for hydroxylation is 1. The maximum atomic E-state index is 13.4. The van der Waals surface area contributed by atoms with Crippen LogP contribution in [0.1, 0.15) is 48.8 Å². The van der Waals surface area contributed by atoms with Crippen LogP contribution in [-0.2, 0) is 27.1 Å². The largest absolute Gasteiger partial charge is 0.416 e. The highest BCUT2D eigenvalue weighted by Crippen LogP contribution is 2.32. The first-order valence-electron chi connectivity index (χ1n) is 14.4. The quantitative estimate of drug-likeness (QED) is 0.398. The summed E-state index contributed by atoms with van der Waals surface area (Å²) in [5.41, 5.74) is 6.14. The van der Waals surface area contributed by atoms with Gasteiger partial charge in [-0.1, -0.05) is 12.2 Å². The molecule has 13 heteroatoms. The van der Waals surface area contributed by atoms with Crippen molar-refractivity contribution in [2.75, 3.05) is 30.3 Å². The SMILES string of the molecule is Cc1cnc(NC2=CC(C(=O)N3CCC(N4CCCC4=O)CC3)=CCC=C2)cc1NCc1cnccc1C(F)(F)F.NC=O. The molecule has 0 spiro atoms.